The third kappa shape index (κ3) is 3.14. The summed E-state index contributed by atoms with van der Waals surface area (Å²) in [5.41, 5.74) is 0. The molecule has 72 valence electrons. The molecular formula is C11H23N. The number of hydrogen-bond acceptors (Lipinski definition) is 1. The Hall–Kier alpha value is -0.0400. The first kappa shape index (κ1) is 10.0. The van der Waals surface area contributed by atoms with Gasteiger partial charge in [0.25, 0.3) is 0 Å². The normalized spacial score (nSPS) is 24.8. The molecule has 0 spiro atoms. The number of piperidine rings is 1. The molecule has 1 fully saturated rings. The van der Waals surface area contributed by atoms with Gasteiger partial charge in [-0.15, -0.1) is 0 Å². The average molecular weight is 169 g/mol. The van der Waals surface area contributed by atoms with E-state index in [1.54, 1.807) is 0 Å². The molecule has 1 atom stereocenters. The van der Waals surface area contributed by atoms with Crippen molar-refractivity contribution in [1.82, 2.24) is 5.32 Å². The van der Waals surface area contributed by atoms with Gasteiger partial charge in [-0.05, 0) is 44.2 Å². The molecule has 1 aliphatic rings. The average Bonchev–Trinajstić information content (AvgIpc) is 2.16. The third-order valence-electron chi connectivity index (χ3n) is 3.22. The molecule has 1 saturated heterocycles. The van der Waals surface area contributed by atoms with E-state index in [0.29, 0.717) is 0 Å². The third-order valence-corrected chi connectivity index (χ3v) is 3.22. The summed E-state index contributed by atoms with van der Waals surface area (Å²) in [6, 6.07) is 0. The minimum absolute atomic E-state index is 0.976. The van der Waals surface area contributed by atoms with E-state index in [1.807, 2.05) is 0 Å². The molecular weight excluding hydrogens is 146 g/mol. The van der Waals surface area contributed by atoms with Gasteiger partial charge in [-0.25, -0.2) is 0 Å². The lowest BCUT2D eigenvalue weighted by atomic mass is 9.86. The number of nitrogens with one attached hydrogen (secondary N) is 1. The Balaban J connectivity index is 2.18. The van der Waals surface area contributed by atoms with Gasteiger partial charge >= 0.3 is 0 Å². The van der Waals surface area contributed by atoms with Crippen molar-refractivity contribution in [2.75, 3.05) is 13.1 Å². The van der Waals surface area contributed by atoms with E-state index >= 15 is 0 Å². The highest BCUT2D eigenvalue weighted by atomic mass is 14.9. The van der Waals surface area contributed by atoms with Crippen molar-refractivity contribution < 1.29 is 0 Å². The predicted molar refractivity (Wildman–Crippen MR) is 54.3 cm³/mol. The maximum absolute atomic E-state index is 3.49. The molecule has 0 aromatic rings. The van der Waals surface area contributed by atoms with Crippen molar-refractivity contribution in [3.05, 3.63) is 0 Å². The summed E-state index contributed by atoms with van der Waals surface area (Å²) in [5.74, 6) is 1.96. The monoisotopic (exact) mass is 169 g/mol. The first-order chi connectivity index (χ1) is 5.86. The van der Waals surface area contributed by atoms with Crippen LogP contribution in [0.5, 0.6) is 0 Å². The molecule has 1 heterocycles. The molecule has 1 rings (SSSR count). The van der Waals surface area contributed by atoms with E-state index in [4.69, 9.17) is 0 Å². The molecule has 1 N–H and O–H groups in total. The fourth-order valence-electron chi connectivity index (χ4n) is 2.22. The Labute approximate surface area is 76.9 Å². The molecule has 0 aliphatic carbocycles. The maximum Gasteiger partial charge on any atom is -0.00204 e. The van der Waals surface area contributed by atoms with Crippen LogP contribution in [0.25, 0.3) is 0 Å². The van der Waals surface area contributed by atoms with Gasteiger partial charge < -0.3 is 5.32 Å². The van der Waals surface area contributed by atoms with Crippen LogP contribution in [0.3, 0.4) is 0 Å². The summed E-state index contributed by atoms with van der Waals surface area (Å²) in [6.07, 6.45) is 7.05. The fourth-order valence-corrected chi connectivity index (χ4v) is 2.22. The van der Waals surface area contributed by atoms with Gasteiger partial charge in [0.1, 0.15) is 0 Å². The Morgan fingerprint density at radius 1 is 1.33 bits per heavy atom. The van der Waals surface area contributed by atoms with E-state index in [9.17, 15) is 0 Å². The molecule has 0 aromatic carbocycles. The van der Waals surface area contributed by atoms with E-state index in [-0.39, 0.29) is 0 Å². The van der Waals surface area contributed by atoms with E-state index in [1.165, 1.54) is 45.2 Å². The molecule has 1 nitrogen and oxygen atoms in total. The smallest absolute Gasteiger partial charge is 0.00204 e. The van der Waals surface area contributed by atoms with Crippen LogP contribution in [-0.2, 0) is 0 Å². The second-order valence-corrected chi connectivity index (χ2v) is 4.13. The molecule has 0 saturated carbocycles. The minimum Gasteiger partial charge on any atom is -0.316 e. The van der Waals surface area contributed by atoms with Crippen LogP contribution in [0, 0.1) is 11.8 Å². The van der Waals surface area contributed by atoms with Gasteiger partial charge in [0.15, 0.2) is 0 Å². The van der Waals surface area contributed by atoms with Gasteiger partial charge in [0, 0.05) is 0 Å². The summed E-state index contributed by atoms with van der Waals surface area (Å²) in [6.45, 7) is 7.17. The summed E-state index contributed by atoms with van der Waals surface area (Å²) in [5, 5.41) is 3.49. The van der Waals surface area contributed by atoms with E-state index < -0.39 is 0 Å². The highest BCUT2D eigenvalue weighted by Gasteiger charge is 2.16. The zero-order valence-electron chi connectivity index (χ0n) is 8.60. The lowest BCUT2D eigenvalue weighted by molar-refractivity contribution is 0.293. The zero-order chi connectivity index (χ0) is 8.81. The van der Waals surface area contributed by atoms with Gasteiger partial charge in [-0.2, -0.15) is 0 Å². The Morgan fingerprint density at radius 2 is 2.08 bits per heavy atom. The zero-order valence-corrected chi connectivity index (χ0v) is 8.60. The largest absolute Gasteiger partial charge is 0.316 e. The summed E-state index contributed by atoms with van der Waals surface area (Å²) in [4.78, 5) is 0. The Morgan fingerprint density at radius 3 is 2.58 bits per heavy atom. The van der Waals surface area contributed by atoms with Gasteiger partial charge in [-0.3, -0.25) is 0 Å². The van der Waals surface area contributed by atoms with Crippen molar-refractivity contribution in [1.29, 1.82) is 0 Å². The second-order valence-electron chi connectivity index (χ2n) is 4.13. The maximum atomic E-state index is 3.49. The van der Waals surface area contributed by atoms with E-state index in [2.05, 4.69) is 19.2 Å². The predicted octanol–water partition coefficient (Wildman–Crippen LogP) is 2.81. The first-order valence-corrected chi connectivity index (χ1v) is 5.57. The van der Waals surface area contributed by atoms with Crippen molar-refractivity contribution in [2.24, 2.45) is 11.8 Å². The quantitative estimate of drug-likeness (QED) is 0.682. The van der Waals surface area contributed by atoms with Gasteiger partial charge in [0.05, 0.1) is 0 Å². The molecule has 1 aliphatic heterocycles. The molecule has 0 radical (unpaired) electrons. The lowest BCUT2D eigenvalue weighted by Gasteiger charge is -2.26. The van der Waals surface area contributed by atoms with Crippen LogP contribution < -0.4 is 5.32 Å². The van der Waals surface area contributed by atoms with Gasteiger partial charge in [-0.1, -0.05) is 26.7 Å². The van der Waals surface area contributed by atoms with Crippen molar-refractivity contribution >= 4 is 0 Å². The Kier molecular flexibility index (Phi) is 4.67. The van der Waals surface area contributed by atoms with Crippen LogP contribution in [-0.4, -0.2) is 13.1 Å². The van der Waals surface area contributed by atoms with Crippen LogP contribution in [0.1, 0.15) is 46.0 Å². The highest BCUT2D eigenvalue weighted by Crippen LogP contribution is 2.23. The molecule has 0 aromatic heterocycles. The van der Waals surface area contributed by atoms with Crippen LogP contribution in [0.2, 0.25) is 0 Å². The summed E-state index contributed by atoms with van der Waals surface area (Å²) in [7, 11) is 0. The molecule has 1 unspecified atom stereocenters. The summed E-state index contributed by atoms with van der Waals surface area (Å²) >= 11 is 0. The van der Waals surface area contributed by atoms with Crippen LogP contribution in [0.15, 0.2) is 0 Å². The fraction of sp³-hybridized carbons (Fsp3) is 1.00. The standard InChI is InChI=1S/C11H23N/c1-3-10(4-2)8-11-6-5-7-12-9-11/h10-12H,3-9H2,1-2H3. The topological polar surface area (TPSA) is 12.0 Å². The molecule has 0 bridgehead atoms. The number of rotatable bonds is 4. The van der Waals surface area contributed by atoms with Crippen molar-refractivity contribution in [2.45, 2.75) is 46.0 Å². The lowest BCUT2D eigenvalue weighted by Crippen LogP contribution is -2.30. The SMILES string of the molecule is CCC(CC)CC1CCCNC1. The van der Waals surface area contributed by atoms with E-state index in [0.717, 1.165) is 11.8 Å². The minimum atomic E-state index is 0.976. The highest BCUT2D eigenvalue weighted by molar-refractivity contribution is 4.71. The van der Waals surface area contributed by atoms with Crippen molar-refractivity contribution in [3.8, 4) is 0 Å². The summed E-state index contributed by atoms with van der Waals surface area (Å²) < 4.78 is 0. The first-order valence-electron chi connectivity index (χ1n) is 5.57. The van der Waals surface area contributed by atoms with Crippen molar-refractivity contribution in [3.63, 3.8) is 0 Å². The second kappa shape index (κ2) is 5.58. The molecule has 12 heavy (non-hydrogen) atoms. The van der Waals surface area contributed by atoms with Crippen LogP contribution >= 0.6 is 0 Å². The Bertz CT molecular complexity index is 102. The molecule has 1 heteroatoms. The molecule has 0 amide bonds. The number of hydrogen-bond donors (Lipinski definition) is 1. The van der Waals surface area contributed by atoms with Crippen LogP contribution in [0.4, 0.5) is 0 Å². The van der Waals surface area contributed by atoms with Gasteiger partial charge in [0.2, 0.25) is 0 Å².